The van der Waals surface area contributed by atoms with Crippen molar-refractivity contribution >= 4 is 23.4 Å². The lowest BCUT2D eigenvalue weighted by Crippen LogP contribution is -2.55. The number of rotatable bonds is 11. The van der Waals surface area contributed by atoms with Gasteiger partial charge in [-0.05, 0) is 56.2 Å². The van der Waals surface area contributed by atoms with Crippen molar-refractivity contribution in [1.82, 2.24) is 10.2 Å². The molecule has 5 rings (SSSR count). The smallest absolute Gasteiger partial charge is 0.246 e. The van der Waals surface area contributed by atoms with E-state index in [1.165, 1.54) is 0 Å². The lowest BCUT2D eigenvalue weighted by atomic mass is 9.65. The Morgan fingerprint density at radius 3 is 2.39 bits per heavy atom. The van der Waals surface area contributed by atoms with Crippen molar-refractivity contribution in [2.24, 2.45) is 11.8 Å². The van der Waals surface area contributed by atoms with Gasteiger partial charge in [-0.2, -0.15) is 0 Å². The highest BCUT2D eigenvalue weighted by molar-refractivity contribution is 6.02. The summed E-state index contributed by atoms with van der Waals surface area (Å²) in [5.41, 5.74) is -0.177. The summed E-state index contributed by atoms with van der Waals surface area (Å²) in [6.45, 7) is 2.81. The molecule has 202 valence electrons. The van der Waals surface area contributed by atoms with Crippen molar-refractivity contribution in [2.75, 3.05) is 18.5 Å². The van der Waals surface area contributed by atoms with E-state index in [4.69, 9.17) is 4.74 Å². The van der Waals surface area contributed by atoms with Gasteiger partial charge in [0.05, 0.1) is 17.4 Å². The number of para-hydroxylation sites is 1. The van der Waals surface area contributed by atoms with Gasteiger partial charge in [0.1, 0.15) is 11.6 Å². The number of anilines is 1. The second-order valence-electron chi connectivity index (χ2n) is 10.7. The van der Waals surface area contributed by atoms with E-state index < -0.39 is 29.1 Å². The summed E-state index contributed by atoms with van der Waals surface area (Å²) in [6, 6.07) is 18.1. The Labute approximate surface area is 223 Å². The highest BCUT2D eigenvalue weighted by atomic mass is 16.5. The molecule has 3 aliphatic heterocycles. The fourth-order valence-electron chi connectivity index (χ4n) is 6.85. The van der Waals surface area contributed by atoms with Gasteiger partial charge in [0.15, 0.2) is 0 Å². The zero-order chi connectivity index (χ0) is 26.8. The van der Waals surface area contributed by atoms with Gasteiger partial charge in [-0.1, -0.05) is 55.5 Å². The molecule has 2 bridgehead atoms. The molecule has 5 atom stereocenters. The number of hydrogen-bond donors (Lipinski definition) is 3. The largest absolute Gasteiger partial charge is 0.396 e. The average Bonchev–Trinajstić information content (AvgIpc) is 3.54. The molecular formula is C30H37N3O5. The highest BCUT2D eigenvalue weighted by Gasteiger charge is 2.78. The number of ether oxygens (including phenoxy) is 1. The number of nitrogens with one attached hydrogen (secondary N) is 2. The third-order valence-corrected chi connectivity index (χ3v) is 8.62. The third kappa shape index (κ3) is 4.50. The molecule has 2 aromatic carbocycles. The summed E-state index contributed by atoms with van der Waals surface area (Å²) in [7, 11) is 0. The third-order valence-electron chi connectivity index (χ3n) is 8.62. The lowest BCUT2D eigenvalue weighted by molar-refractivity contribution is -0.146. The van der Waals surface area contributed by atoms with Crippen molar-refractivity contribution < 1.29 is 24.2 Å². The standard InChI is InChI=1S/C30H37N3O5/c1-2-29-16-17-30(38-29)24(23(29)26(35)32-22-14-8-4-9-15-22)28(37)33(18-10-5-11-19-34)25(30)27(36)31-20-21-12-6-3-7-13-21/h3-4,6-9,12-15,23-25,34H,2,5,10-11,16-20H2,1H3,(H,31,36)(H,32,35)/t23-,24-,25?,29+,30?/m0/s1. The molecule has 38 heavy (non-hydrogen) atoms. The maximum Gasteiger partial charge on any atom is 0.246 e. The number of hydrogen-bond acceptors (Lipinski definition) is 5. The minimum atomic E-state index is -1.04. The van der Waals surface area contributed by atoms with Crippen LogP contribution in [0.15, 0.2) is 60.7 Å². The summed E-state index contributed by atoms with van der Waals surface area (Å²) in [5.74, 6) is -2.06. The molecule has 0 radical (unpaired) electrons. The molecule has 2 unspecified atom stereocenters. The van der Waals surface area contributed by atoms with Gasteiger partial charge in [0, 0.05) is 25.4 Å². The molecule has 2 aromatic rings. The number of aliphatic hydroxyl groups is 1. The topological polar surface area (TPSA) is 108 Å². The van der Waals surface area contributed by atoms with E-state index in [-0.39, 0.29) is 24.3 Å². The Bertz CT molecular complexity index is 1160. The zero-order valence-electron chi connectivity index (χ0n) is 21.9. The summed E-state index contributed by atoms with van der Waals surface area (Å²) < 4.78 is 6.78. The first-order chi connectivity index (χ1) is 18.5. The second kappa shape index (κ2) is 10.9. The van der Waals surface area contributed by atoms with Crippen LogP contribution in [0.2, 0.25) is 0 Å². The summed E-state index contributed by atoms with van der Waals surface area (Å²) >= 11 is 0. The van der Waals surface area contributed by atoms with E-state index in [0.29, 0.717) is 50.9 Å². The molecule has 0 saturated carbocycles. The number of fused-ring (bicyclic) bond motifs is 1. The molecule has 3 fully saturated rings. The van der Waals surface area contributed by atoms with Crippen molar-refractivity contribution in [3.8, 4) is 0 Å². The minimum Gasteiger partial charge on any atom is -0.396 e. The average molecular weight is 520 g/mol. The maximum atomic E-state index is 14.1. The number of benzene rings is 2. The lowest BCUT2D eigenvalue weighted by Gasteiger charge is -2.34. The van der Waals surface area contributed by atoms with Crippen LogP contribution in [0.25, 0.3) is 0 Å². The summed E-state index contributed by atoms with van der Waals surface area (Å²) in [6.07, 6.45) is 3.81. The molecule has 0 aliphatic carbocycles. The minimum absolute atomic E-state index is 0.0887. The van der Waals surface area contributed by atoms with Gasteiger partial charge < -0.3 is 25.4 Å². The number of unbranched alkanes of at least 4 members (excludes halogenated alkanes) is 2. The maximum absolute atomic E-state index is 14.1. The van der Waals surface area contributed by atoms with Crippen LogP contribution in [0, 0.1) is 11.8 Å². The number of carbonyl (C=O) groups excluding carboxylic acids is 3. The van der Waals surface area contributed by atoms with Crippen LogP contribution < -0.4 is 10.6 Å². The molecular weight excluding hydrogens is 482 g/mol. The first-order valence-electron chi connectivity index (χ1n) is 13.7. The number of carbonyl (C=O) groups is 3. The fourth-order valence-corrected chi connectivity index (χ4v) is 6.85. The summed E-state index contributed by atoms with van der Waals surface area (Å²) in [5, 5.41) is 15.3. The number of nitrogens with zero attached hydrogens (tertiary/aromatic N) is 1. The van der Waals surface area contributed by atoms with E-state index in [9.17, 15) is 19.5 Å². The van der Waals surface area contributed by atoms with Gasteiger partial charge >= 0.3 is 0 Å². The monoisotopic (exact) mass is 519 g/mol. The van der Waals surface area contributed by atoms with Crippen LogP contribution in [-0.2, 0) is 25.7 Å². The first kappa shape index (κ1) is 26.4. The Kier molecular flexibility index (Phi) is 7.54. The van der Waals surface area contributed by atoms with E-state index >= 15 is 0 Å². The van der Waals surface area contributed by atoms with Gasteiger partial charge in [-0.15, -0.1) is 0 Å². The number of aliphatic hydroxyl groups excluding tert-OH is 1. The zero-order valence-corrected chi connectivity index (χ0v) is 21.9. The normalized spacial score (nSPS) is 29.4. The Balaban J connectivity index is 1.45. The summed E-state index contributed by atoms with van der Waals surface area (Å²) in [4.78, 5) is 43.3. The molecule has 8 heteroatoms. The fraction of sp³-hybridized carbons (Fsp3) is 0.500. The quantitative estimate of drug-likeness (QED) is 0.395. The van der Waals surface area contributed by atoms with E-state index in [1.54, 1.807) is 4.90 Å². The number of amides is 3. The molecule has 3 amide bonds. The molecule has 8 nitrogen and oxygen atoms in total. The van der Waals surface area contributed by atoms with Gasteiger partial charge in [0.25, 0.3) is 0 Å². The SMILES string of the molecule is CC[C@]12CCC3(O1)C(C(=O)NCc1ccccc1)N(CCCCCO)C(=O)[C@@H]3[C@H]2C(=O)Nc1ccccc1. The first-order valence-corrected chi connectivity index (χ1v) is 13.7. The number of likely N-dealkylation sites (tertiary alicyclic amines) is 1. The predicted octanol–water partition coefficient (Wildman–Crippen LogP) is 3.26. The predicted molar refractivity (Wildman–Crippen MR) is 143 cm³/mol. The molecule has 0 aromatic heterocycles. The second-order valence-corrected chi connectivity index (χ2v) is 10.7. The Hall–Kier alpha value is -3.23. The Morgan fingerprint density at radius 1 is 1.00 bits per heavy atom. The van der Waals surface area contributed by atoms with Crippen molar-refractivity contribution in [2.45, 2.75) is 69.2 Å². The van der Waals surface area contributed by atoms with Gasteiger partial charge in [-0.3, -0.25) is 14.4 Å². The van der Waals surface area contributed by atoms with Crippen LogP contribution >= 0.6 is 0 Å². The van der Waals surface area contributed by atoms with Crippen LogP contribution in [0.5, 0.6) is 0 Å². The van der Waals surface area contributed by atoms with Gasteiger partial charge in [-0.25, -0.2) is 0 Å². The molecule has 3 saturated heterocycles. The van der Waals surface area contributed by atoms with E-state index in [0.717, 1.165) is 12.0 Å². The van der Waals surface area contributed by atoms with Crippen LogP contribution in [-0.4, -0.2) is 58.1 Å². The van der Waals surface area contributed by atoms with E-state index in [1.807, 2.05) is 67.6 Å². The van der Waals surface area contributed by atoms with Crippen molar-refractivity contribution in [1.29, 1.82) is 0 Å². The molecule has 1 spiro atoms. The van der Waals surface area contributed by atoms with Crippen LogP contribution in [0.4, 0.5) is 5.69 Å². The van der Waals surface area contributed by atoms with Crippen molar-refractivity contribution in [3.63, 3.8) is 0 Å². The van der Waals surface area contributed by atoms with Gasteiger partial charge in [0.2, 0.25) is 17.7 Å². The van der Waals surface area contributed by atoms with Crippen LogP contribution in [0.3, 0.4) is 0 Å². The highest BCUT2D eigenvalue weighted by Crippen LogP contribution is 2.64. The molecule has 3 heterocycles. The molecule has 3 N–H and O–H groups in total. The molecule has 3 aliphatic rings. The van der Waals surface area contributed by atoms with Crippen LogP contribution in [0.1, 0.15) is 51.0 Å². The Morgan fingerprint density at radius 2 is 1.71 bits per heavy atom. The van der Waals surface area contributed by atoms with Crippen molar-refractivity contribution in [3.05, 3.63) is 66.2 Å². The van der Waals surface area contributed by atoms with E-state index in [2.05, 4.69) is 10.6 Å².